The largest absolute Gasteiger partial charge is 0.467 e. The summed E-state index contributed by atoms with van der Waals surface area (Å²) in [6.45, 7) is 3.43. The fourth-order valence-corrected chi connectivity index (χ4v) is 0.972. The van der Waals surface area contributed by atoms with Crippen LogP contribution in [0.5, 0.6) is 0 Å². The Kier molecular flexibility index (Phi) is 2.49. The molecule has 4 nitrogen and oxygen atoms in total. The first-order valence-corrected chi connectivity index (χ1v) is 3.39. The van der Waals surface area contributed by atoms with E-state index in [9.17, 15) is 5.11 Å². The van der Waals surface area contributed by atoms with E-state index in [2.05, 4.69) is 6.58 Å². The monoisotopic (exact) mass is 160 g/mol. The molecule has 1 heterocycles. The third kappa shape index (κ3) is 1.71. The van der Waals surface area contributed by atoms with Crippen LogP contribution in [0.2, 0.25) is 0 Å². The normalized spacial score (nSPS) is 38.5. The Morgan fingerprint density at radius 2 is 2.27 bits per heavy atom. The summed E-state index contributed by atoms with van der Waals surface area (Å²) in [6, 6.07) is 0. The molecule has 3 unspecified atom stereocenters. The molecule has 11 heavy (non-hydrogen) atoms. The van der Waals surface area contributed by atoms with Crippen LogP contribution in [0.15, 0.2) is 12.3 Å². The molecule has 2 N–H and O–H groups in total. The molecule has 1 rings (SSSR count). The Morgan fingerprint density at radius 3 is 2.73 bits per heavy atom. The van der Waals surface area contributed by atoms with Gasteiger partial charge in [0.1, 0.15) is 11.9 Å². The Labute approximate surface area is 65.0 Å². The van der Waals surface area contributed by atoms with Crippen LogP contribution in [0.1, 0.15) is 6.42 Å². The van der Waals surface area contributed by atoms with Crippen LogP contribution < -0.4 is 0 Å². The van der Waals surface area contributed by atoms with Gasteiger partial charge in [0, 0.05) is 13.5 Å². The number of ether oxygens (including phenoxy) is 2. The van der Waals surface area contributed by atoms with Crippen LogP contribution in [-0.2, 0) is 9.47 Å². The van der Waals surface area contributed by atoms with E-state index in [-0.39, 0.29) is 12.2 Å². The van der Waals surface area contributed by atoms with Crippen molar-refractivity contribution < 1.29 is 19.7 Å². The molecule has 0 bridgehead atoms. The molecule has 1 aliphatic rings. The lowest BCUT2D eigenvalue weighted by atomic mass is 10.1. The van der Waals surface area contributed by atoms with Crippen LogP contribution in [-0.4, -0.2) is 35.8 Å². The topological polar surface area (TPSA) is 58.9 Å². The van der Waals surface area contributed by atoms with Crippen molar-refractivity contribution in [1.82, 2.24) is 0 Å². The molecule has 1 saturated heterocycles. The first kappa shape index (κ1) is 8.52. The molecule has 0 spiro atoms. The summed E-state index contributed by atoms with van der Waals surface area (Å²) in [7, 11) is 1.47. The average molecular weight is 160 g/mol. The zero-order valence-corrected chi connectivity index (χ0v) is 6.36. The molecule has 4 heteroatoms. The second-order valence-electron chi connectivity index (χ2n) is 2.50. The van der Waals surface area contributed by atoms with E-state index in [1.54, 1.807) is 0 Å². The average Bonchev–Trinajstić information content (AvgIpc) is 1.99. The molecule has 0 aromatic carbocycles. The molecular weight excluding hydrogens is 148 g/mol. The zero-order chi connectivity index (χ0) is 8.43. The molecule has 0 saturated carbocycles. The summed E-state index contributed by atoms with van der Waals surface area (Å²) in [5.74, 6) is 0.163. The van der Waals surface area contributed by atoms with Gasteiger partial charge in [0.05, 0.1) is 6.10 Å². The second kappa shape index (κ2) is 3.21. The third-order valence-electron chi connectivity index (χ3n) is 1.67. The van der Waals surface area contributed by atoms with Gasteiger partial charge in [-0.2, -0.15) is 0 Å². The number of aliphatic hydroxyl groups excluding tert-OH is 2. The SMILES string of the molecule is C=C1OC(OC)CC(O)C1O. The van der Waals surface area contributed by atoms with Gasteiger partial charge in [-0.1, -0.05) is 6.58 Å². The molecule has 64 valence electrons. The molecule has 1 aliphatic heterocycles. The van der Waals surface area contributed by atoms with Gasteiger partial charge in [-0.15, -0.1) is 0 Å². The number of methoxy groups -OCH3 is 1. The summed E-state index contributed by atoms with van der Waals surface area (Å²) < 4.78 is 9.82. The second-order valence-corrected chi connectivity index (χ2v) is 2.50. The lowest BCUT2D eigenvalue weighted by Gasteiger charge is -2.31. The van der Waals surface area contributed by atoms with Crippen LogP contribution in [0, 0.1) is 0 Å². The first-order valence-electron chi connectivity index (χ1n) is 3.39. The Bertz CT molecular complexity index is 157. The molecule has 0 amide bonds. The predicted molar refractivity (Wildman–Crippen MR) is 37.7 cm³/mol. The fraction of sp³-hybridized carbons (Fsp3) is 0.714. The maximum atomic E-state index is 9.18. The highest BCUT2D eigenvalue weighted by Crippen LogP contribution is 2.21. The summed E-state index contributed by atoms with van der Waals surface area (Å²) >= 11 is 0. The maximum Gasteiger partial charge on any atom is 0.201 e. The Hall–Kier alpha value is -0.580. The van der Waals surface area contributed by atoms with Crippen molar-refractivity contribution in [3.8, 4) is 0 Å². The number of aliphatic hydroxyl groups is 2. The van der Waals surface area contributed by atoms with Gasteiger partial charge >= 0.3 is 0 Å². The van der Waals surface area contributed by atoms with E-state index in [0.29, 0.717) is 0 Å². The first-order chi connectivity index (χ1) is 5.15. The molecule has 0 aliphatic carbocycles. The van der Waals surface area contributed by atoms with Crippen molar-refractivity contribution in [2.24, 2.45) is 0 Å². The van der Waals surface area contributed by atoms with Crippen molar-refractivity contribution in [3.05, 3.63) is 12.3 Å². The number of hydrogen-bond donors (Lipinski definition) is 2. The molecular formula is C7H12O4. The minimum absolute atomic E-state index is 0.163. The van der Waals surface area contributed by atoms with E-state index >= 15 is 0 Å². The smallest absolute Gasteiger partial charge is 0.201 e. The van der Waals surface area contributed by atoms with Crippen molar-refractivity contribution in [2.45, 2.75) is 24.9 Å². The lowest BCUT2D eigenvalue weighted by molar-refractivity contribution is -0.172. The Morgan fingerprint density at radius 1 is 1.64 bits per heavy atom. The third-order valence-corrected chi connectivity index (χ3v) is 1.67. The number of hydrogen-bond acceptors (Lipinski definition) is 4. The van der Waals surface area contributed by atoms with Crippen LogP contribution in [0.4, 0.5) is 0 Å². The van der Waals surface area contributed by atoms with E-state index in [1.165, 1.54) is 7.11 Å². The van der Waals surface area contributed by atoms with E-state index in [0.717, 1.165) is 0 Å². The summed E-state index contributed by atoms with van der Waals surface area (Å²) in [6.07, 6.45) is -2.03. The van der Waals surface area contributed by atoms with Gasteiger partial charge in [-0.25, -0.2) is 0 Å². The summed E-state index contributed by atoms with van der Waals surface area (Å²) in [5.41, 5.74) is 0. The number of rotatable bonds is 1. The maximum absolute atomic E-state index is 9.18. The molecule has 0 aromatic rings. The van der Waals surface area contributed by atoms with E-state index < -0.39 is 18.5 Å². The molecule has 0 radical (unpaired) electrons. The lowest BCUT2D eigenvalue weighted by Crippen LogP contribution is -2.39. The van der Waals surface area contributed by atoms with Crippen molar-refractivity contribution in [1.29, 1.82) is 0 Å². The van der Waals surface area contributed by atoms with Gasteiger partial charge in [0.25, 0.3) is 0 Å². The summed E-state index contributed by atoms with van der Waals surface area (Å²) in [4.78, 5) is 0. The van der Waals surface area contributed by atoms with Crippen molar-refractivity contribution in [3.63, 3.8) is 0 Å². The van der Waals surface area contributed by atoms with Gasteiger partial charge in [0.2, 0.25) is 6.29 Å². The highest BCUT2D eigenvalue weighted by atomic mass is 16.7. The Balaban J connectivity index is 2.54. The van der Waals surface area contributed by atoms with Crippen LogP contribution in [0.25, 0.3) is 0 Å². The van der Waals surface area contributed by atoms with Crippen molar-refractivity contribution >= 4 is 0 Å². The van der Waals surface area contributed by atoms with Gasteiger partial charge < -0.3 is 19.7 Å². The standard InChI is InChI=1S/C7H12O4/c1-4-7(9)5(8)3-6(10-2)11-4/h5-9H,1,3H2,2H3. The highest BCUT2D eigenvalue weighted by molar-refractivity contribution is 4.99. The molecule has 1 fully saturated rings. The van der Waals surface area contributed by atoms with E-state index in [4.69, 9.17) is 14.6 Å². The minimum Gasteiger partial charge on any atom is -0.467 e. The van der Waals surface area contributed by atoms with Crippen LogP contribution in [0.3, 0.4) is 0 Å². The van der Waals surface area contributed by atoms with Gasteiger partial charge in [-0.05, 0) is 0 Å². The minimum atomic E-state index is -0.985. The zero-order valence-electron chi connectivity index (χ0n) is 6.36. The van der Waals surface area contributed by atoms with Gasteiger partial charge in [0.15, 0.2) is 0 Å². The fourth-order valence-electron chi connectivity index (χ4n) is 0.972. The quantitative estimate of drug-likeness (QED) is 0.548. The molecule has 3 atom stereocenters. The predicted octanol–water partition coefficient (Wildman–Crippen LogP) is -0.385. The summed E-state index contributed by atoms with van der Waals surface area (Å²) in [5, 5.41) is 18.3. The highest BCUT2D eigenvalue weighted by Gasteiger charge is 2.31. The van der Waals surface area contributed by atoms with Crippen LogP contribution >= 0.6 is 0 Å². The van der Waals surface area contributed by atoms with Gasteiger partial charge in [-0.3, -0.25) is 0 Å². The van der Waals surface area contributed by atoms with Crippen molar-refractivity contribution in [2.75, 3.05) is 7.11 Å². The van der Waals surface area contributed by atoms with E-state index in [1.807, 2.05) is 0 Å². The molecule has 0 aromatic heterocycles.